The second kappa shape index (κ2) is 8.23. The minimum absolute atomic E-state index is 0.0700. The van der Waals surface area contributed by atoms with Crippen LogP contribution in [0.3, 0.4) is 0 Å². The summed E-state index contributed by atoms with van der Waals surface area (Å²) < 4.78 is 51.6. The number of allylic oxidation sites excluding steroid dienone is 1. The number of alkyl halides is 2. The Labute approximate surface area is 214 Å². The van der Waals surface area contributed by atoms with Gasteiger partial charge in [0.1, 0.15) is 29.5 Å². The summed E-state index contributed by atoms with van der Waals surface area (Å²) in [5.74, 6) is -1.44. The molecule has 4 aliphatic carbocycles. The molecule has 0 aromatic heterocycles. The number of carbonyl (C=O) groups excluding carboxylic acids is 2. The molecule has 2 aliphatic heterocycles. The third kappa shape index (κ3) is 3.12. The molecule has 11 atom stereocenters. The predicted octanol–water partition coefficient (Wildman–Crippen LogP) is 4.43. The van der Waals surface area contributed by atoms with Crippen molar-refractivity contribution < 1.29 is 37.7 Å². The maximum atomic E-state index is 17.5. The number of halogens is 2. The second-order valence-electron chi connectivity index (χ2n) is 12.2. The van der Waals surface area contributed by atoms with Crippen molar-refractivity contribution in [3.63, 3.8) is 0 Å². The molecule has 0 unspecified atom stereocenters. The summed E-state index contributed by atoms with van der Waals surface area (Å²) >= 11 is 1.54. The minimum atomic E-state index is -2.05. The number of aliphatic hydroxyl groups excluding tert-OH is 1. The van der Waals surface area contributed by atoms with Gasteiger partial charge in [0.2, 0.25) is 0 Å². The van der Waals surface area contributed by atoms with Crippen molar-refractivity contribution >= 4 is 23.5 Å². The van der Waals surface area contributed by atoms with Crippen LogP contribution < -0.4 is 0 Å². The highest BCUT2D eigenvalue weighted by atomic mass is 32.2. The smallest absolute Gasteiger partial charge is 0.307 e. The molecule has 3 saturated carbocycles. The van der Waals surface area contributed by atoms with Crippen molar-refractivity contribution in [2.24, 2.45) is 22.7 Å². The number of thioether (sulfide) groups is 1. The third-order valence-electron chi connectivity index (χ3n) is 10.4. The van der Waals surface area contributed by atoms with Crippen LogP contribution in [0, 0.1) is 22.7 Å². The Morgan fingerprint density at radius 3 is 2.69 bits per heavy atom. The highest BCUT2D eigenvalue weighted by molar-refractivity contribution is 8.01. The lowest BCUT2D eigenvalue weighted by atomic mass is 9.44. The largest absolute Gasteiger partial charge is 0.464 e. The van der Waals surface area contributed by atoms with Gasteiger partial charge in [-0.1, -0.05) is 27.2 Å². The van der Waals surface area contributed by atoms with E-state index in [0.29, 0.717) is 12.8 Å². The van der Waals surface area contributed by atoms with Gasteiger partial charge in [-0.05, 0) is 49.7 Å². The Bertz CT molecular complexity index is 1010. The van der Waals surface area contributed by atoms with E-state index >= 15 is 8.78 Å². The molecule has 1 N–H and O–H groups in total. The molecule has 0 spiro atoms. The molecule has 0 amide bonds. The number of rotatable bonds is 4. The molecular formula is C27H36F2O6S. The van der Waals surface area contributed by atoms with E-state index in [-0.39, 0.29) is 73.3 Å². The zero-order valence-corrected chi connectivity index (χ0v) is 22.0. The lowest BCUT2D eigenvalue weighted by Gasteiger charge is -2.64. The lowest BCUT2D eigenvalue weighted by Crippen LogP contribution is -2.70. The molecule has 6 aliphatic rings. The standard InChI is InChI=1S/C27H36F2O6S/c1-4-5-23-34-21-11-16-17-10-19(28)18-8-14(30)6-7-24(18,2)26(17,29)20(31)12-25(16,3)27(21,35-23)36-15-9-22(32)33-13-15/h8,15-17,19-21,23,31H,4-7,9-13H2,1-3H3/t15-,16-,17-,19-,20-,21+,23+,24-,25-,26-,27-/m0/s1. The number of ketones is 1. The Hall–Kier alpha value is -1.03. The summed E-state index contributed by atoms with van der Waals surface area (Å²) in [5, 5.41) is 11.5. The third-order valence-corrected chi connectivity index (χ3v) is 12.2. The van der Waals surface area contributed by atoms with E-state index in [2.05, 4.69) is 6.92 Å². The van der Waals surface area contributed by atoms with Crippen LogP contribution >= 0.6 is 11.8 Å². The van der Waals surface area contributed by atoms with Crippen molar-refractivity contribution in [2.45, 2.75) is 113 Å². The SMILES string of the molecule is CCC[C@@H]1O[C@@H]2C[C@H]3[C@@H]4C[C@H](F)C5=CC(=O)CC[C@]5(C)[C@@]4(F)[C@@H](O)C[C@]3(C)[C@]2(S[C@@H]2COC(=O)C2)O1. The summed E-state index contributed by atoms with van der Waals surface area (Å²) in [4.78, 5) is 23.1. The first-order valence-corrected chi connectivity index (χ1v) is 14.3. The van der Waals surface area contributed by atoms with Gasteiger partial charge >= 0.3 is 5.97 Å². The number of hydrogen-bond acceptors (Lipinski definition) is 7. The van der Waals surface area contributed by atoms with Crippen molar-refractivity contribution in [3.05, 3.63) is 11.6 Å². The van der Waals surface area contributed by atoms with E-state index in [0.717, 1.165) is 6.42 Å². The molecular weight excluding hydrogens is 490 g/mol. The summed E-state index contributed by atoms with van der Waals surface area (Å²) in [6.45, 7) is 6.07. The first kappa shape index (κ1) is 25.3. The topological polar surface area (TPSA) is 82.1 Å². The van der Waals surface area contributed by atoms with E-state index in [9.17, 15) is 14.7 Å². The molecule has 0 aromatic carbocycles. The Kier molecular flexibility index (Phi) is 5.78. The average molecular weight is 527 g/mol. The monoisotopic (exact) mass is 526 g/mol. The van der Waals surface area contributed by atoms with Crippen molar-refractivity contribution in [2.75, 3.05) is 6.61 Å². The van der Waals surface area contributed by atoms with Crippen LogP contribution in [0.1, 0.15) is 72.1 Å². The number of aliphatic hydroxyl groups is 1. The highest BCUT2D eigenvalue weighted by Gasteiger charge is 2.79. The van der Waals surface area contributed by atoms with Gasteiger partial charge in [-0.2, -0.15) is 0 Å². The van der Waals surface area contributed by atoms with E-state index in [4.69, 9.17) is 14.2 Å². The number of hydrogen-bond donors (Lipinski definition) is 1. The van der Waals surface area contributed by atoms with Crippen LogP contribution in [0.15, 0.2) is 11.6 Å². The molecule has 9 heteroatoms. The van der Waals surface area contributed by atoms with Gasteiger partial charge in [0.25, 0.3) is 0 Å². The van der Waals surface area contributed by atoms with Crippen molar-refractivity contribution in [1.29, 1.82) is 0 Å². The van der Waals surface area contributed by atoms with Gasteiger partial charge in [-0.25, -0.2) is 8.78 Å². The van der Waals surface area contributed by atoms with E-state index in [1.54, 1.807) is 6.92 Å². The molecule has 6 rings (SSSR count). The van der Waals surface area contributed by atoms with Gasteiger partial charge < -0.3 is 19.3 Å². The molecule has 6 nitrogen and oxygen atoms in total. The van der Waals surface area contributed by atoms with Crippen LogP contribution in [-0.2, 0) is 23.8 Å². The van der Waals surface area contributed by atoms with Gasteiger partial charge in [0.05, 0.1) is 17.8 Å². The quantitative estimate of drug-likeness (QED) is 0.543. The fourth-order valence-electron chi connectivity index (χ4n) is 8.67. The molecule has 2 heterocycles. The zero-order valence-electron chi connectivity index (χ0n) is 21.1. The van der Waals surface area contributed by atoms with E-state index in [1.165, 1.54) is 17.8 Å². The first-order chi connectivity index (χ1) is 17.0. The Morgan fingerprint density at radius 2 is 2.00 bits per heavy atom. The lowest BCUT2D eigenvalue weighted by molar-refractivity contribution is -0.232. The fourth-order valence-corrected chi connectivity index (χ4v) is 10.5. The number of cyclic esters (lactones) is 1. The number of fused-ring (bicyclic) bond motifs is 7. The predicted molar refractivity (Wildman–Crippen MR) is 128 cm³/mol. The first-order valence-electron chi connectivity index (χ1n) is 13.4. The molecule has 0 aromatic rings. The Balaban J connectivity index is 1.41. The summed E-state index contributed by atoms with van der Waals surface area (Å²) in [6.07, 6.45) is 0.559. The molecule has 200 valence electrons. The van der Waals surface area contributed by atoms with Gasteiger partial charge in [-0.15, -0.1) is 11.8 Å². The van der Waals surface area contributed by atoms with Crippen molar-refractivity contribution in [1.82, 2.24) is 0 Å². The van der Waals surface area contributed by atoms with Gasteiger partial charge in [-0.3, -0.25) is 9.59 Å². The molecule has 2 saturated heterocycles. The Morgan fingerprint density at radius 1 is 1.22 bits per heavy atom. The van der Waals surface area contributed by atoms with Crippen LogP contribution in [0.25, 0.3) is 0 Å². The molecule has 0 bridgehead atoms. The van der Waals surface area contributed by atoms with E-state index < -0.39 is 45.9 Å². The highest BCUT2D eigenvalue weighted by Crippen LogP contribution is 2.74. The summed E-state index contributed by atoms with van der Waals surface area (Å²) in [6, 6.07) is 0. The summed E-state index contributed by atoms with van der Waals surface area (Å²) in [5.41, 5.74) is -3.77. The maximum absolute atomic E-state index is 17.5. The second-order valence-corrected chi connectivity index (χ2v) is 13.7. The minimum Gasteiger partial charge on any atom is -0.464 e. The van der Waals surface area contributed by atoms with Crippen LogP contribution in [-0.4, -0.2) is 64.0 Å². The molecule has 0 radical (unpaired) electrons. The van der Waals surface area contributed by atoms with Gasteiger partial charge in [0.15, 0.2) is 12.1 Å². The van der Waals surface area contributed by atoms with E-state index in [1.807, 2.05) is 6.92 Å². The van der Waals surface area contributed by atoms with Crippen molar-refractivity contribution in [3.8, 4) is 0 Å². The number of ether oxygens (including phenoxy) is 3. The van der Waals surface area contributed by atoms with Crippen LogP contribution in [0.4, 0.5) is 8.78 Å². The number of carbonyl (C=O) groups is 2. The summed E-state index contributed by atoms with van der Waals surface area (Å²) in [7, 11) is 0. The average Bonchev–Trinajstić information content (AvgIpc) is 3.44. The van der Waals surface area contributed by atoms with Gasteiger partial charge in [0, 0.05) is 23.2 Å². The fraction of sp³-hybridized carbons (Fsp3) is 0.852. The maximum Gasteiger partial charge on any atom is 0.307 e. The zero-order chi connectivity index (χ0) is 25.7. The van der Waals surface area contributed by atoms with Crippen LogP contribution in [0.2, 0.25) is 0 Å². The molecule has 36 heavy (non-hydrogen) atoms. The normalized spacial score (nSPS) is 53.8. The molecule has 5 fully saturated rings. The number of esters is 1. The van der Waals surface area contributed by atoms with Crippen LogP contribution in [0.5, 0.6) is 0 Å².